The molecule has 1 saturated heterocycles. The van der Waals surface area contributed by atoms with Gasteiger partial charge in [0.1, 0.15) is 0 Å². The number of nitrogens with two attached hydrogens (primary N) is 1. The van der Waals surface area contributed by atoms with Gasteiger partial charge in [0.2, 0.25) is 5.91 Å². The van der Waals surface area contributed by atoms with Gasteiger partial charge in [-0.25, -0.2) is 0 Å². The van der Waals surface area contributed by atoms with Gasteiger partial charge in [0, 0.05) is 12.5 Å². The zero-order valence-corrected chi connectivity index (χ0v) is 6.60. The number of hydrogen-bond donors (Lipinski definition) is 3. The van der Waals surface area contributed by atoms with E-state index in [1.54, 1.807) is 0 Å². The van der Waals surface area contributed by atoms with Gasteiger partial charge in [-0.15, -0.1) is 0 Å². The maximum absolute atomic E-state index is 10.9. The highest BCUT2D eigenvalue weighted by Gasteiger charge is 2.16. The Labute approximate surface area is 66.5 Å². The minimum Gasteiger partial charge on any atom is -0.343 e. The number of carbonyl (C=O) groups excluding carboxylic acids is 1. The number of hydrogen-bond acceptors (Lipinski definition) is 3. The summed E-state index contributed by atoms with van der Waals surface area (Å²) in [4.78, 5) is 10.9. The Morgan fingerprint density at radius 3 is 3.09 bits per heavy atom. The van der Waals surface area contributed by atoms with E-state index in [9.17, 15) is 4.79 Å². The van der Waals surface area contributed by atoms with E-state index in [2.05, 4.69) is 10.6 Å². The molecule has 1 heterocycles. The molecule has 11 heavy (non-hydrogen) atoms. The predicted molar refractivity (Wildman–Crippen MR) is 42.8 cm³/mol. The number of rotatable bonds is 3. The molecule has 0 saturated carbocycles. The average Bonchev–Trinajstić information content (AvgIpc) is 2.01. The van der Waals surface area contributed by atoms with Crippen molar-refractivity contribution in [1.82, 2.24) is 10.6 Å². The van der Waals surface area contributed by atoms with Crippen LogP contribution in [0.25, 0.3) is 0 Å². The van der Waals surface area contributed by atoms with Crippen LogP contribution in [0.1, 0.15) is 19.3 Å². The molecule has 1 atom stereocenters. The summed E-state index contributed by atoms with van der Waals surface area (Å²) in [6.07, 6.45) is 2.59. The van der Waals surface area contributed by atoms with E-state index in [4.69, 9.17) is 5.73 Å². The Hall–Kier alpha value is -0.610. The molecule has 0 aromatic rings. The standard InChI is InChI=1S/C7H15N3O/c8-3-1-2-6-4-7(11)10-5-9-6/h6,9H,1-5,8H2,(H,10,11)/t6-/m1/s1/i7+1,10+1. The fourth-order valence-electron chi connectivity index (χ4n) is 1.23. The molecule has 0 bridgehead atoms. The van der Waals surface area contributed by atoms with Crippen molar-refractivity contribution in [3.63, 3.8) is 0 Å². The van der Waals surface area contributed by atoms with E-state index in [0.29, 0.717) is 25.7 Å². The number of amides is 1. The van der Waals surface area contributed by atoms with Crippen LogP contribution in [0, 0.1) is 0 Å². The molecule has 0 spiro atoms. The fraction of sp³-hybridized carbons (Fsp3) is 0.857. The summed E-state index contributed by atoms with van der Waals surface area (Å²) in [7, 11) is 0. The van der Waals surface area contributed by atoms with Crippen molar-refractivity contribution in [2.45, 2.75) is 25.3 Å². The normalized spacial score (nSPS) is 24.8. The first-order chi connectivity index (χ1) is 5.33. The van der Waals surface area contributed by atoms with E-state index in [1.165, 1.54) is 0 Å². The van der Waals surface area contributed by atoms with Crippen molar-refractivity contribution in [2.24, 2.45) is 5.73 Å². The molecule has 4 heteroatoms. The van der Waals surface area contributed by atoms with Crippen LogP contribution in [-0.2, 0) is 4.79 Å². The van der Waals surface area contributed by atoms with E-state index in [1.807, 2.05) is 0 Å². The quantitative estimate of drug-likeness (QED) is 0.371. The van der Waals surface area contributed by atoms with Crippen LogP contribution in [0.15, 0.2) is 0 Å². The summed E-state index contributed by atoms with van der Waals surface area (Å²) in [5, 5.41) is 5.90. The summed E-state index contributed by atoms with van der Waals surface area (Å²) < 4.78 is 0. The molecule has 4 nitrogen and oxygen atoms in total. The minimum atomic E-state index is 0.144. The third kappa shape index (κ3) is 2.86. The lowest BCUT2D eigenvalue weighted by Gasteiger charge is -2.23. The topological polar surface area (TPSA) is 67.2 Å². The smallest absolute Gasteiger partial charge is 0.222 e. The van der Waals surface area contributed by atoms with E-state index >= 15 is 0 Å². The maximum atomic E-state index is 10.9. The van der Waals surface area contributed by atoms with Gasteiger partial charge in [-0.3, -0.25) is 10.1 Å². The fourth-order valence-corrected chi connectivity index (χ4v) is 1.23. The molecule has 64 valence electrons. The molecule has 0 aliphatic carbocycles. The van der Waals surface area contributed by atoms with E-state index in [-0.39, 0.29) is 5.91 Å². The molecule has 1 rings (SSSR count). The second-order valence-corrected chi connectivity index (χ2v) is 2.81. The van der Waals surface area contributed by atoms with Gasteiger partial charge in [-0.05, 0) is 19.4 Å². The molecule has 1 amide bonds. The monoisotopic (exact) mass is 159 g/mol. The molecule has 0 unspecified atom stereocenters. The van der Waals surface area contributed by atoms with Crippen LogP contribution in [0.3, 0.4) is 0 Å². The lowest BCUT2D eigenvalue weighted by molar-refractivity contribution is -0.123. The largest absolute Gasteiger partial charge is 0.343 e. The molecule has 1 fully saturated rings. The van der Waals surface area contributed by atoms with Crippen LogP contribution < -0.4 is 16.4 Å². The molecular weight excluding hydrogens is 144 g/mol. The van der Waals surface area contributed by atoms with Crippen LogP contribution in [0.4, 0.5) is 0 Å². The number of carbonyl (C=O) groups is 1. The summed E-state index contributed by atoms with van der Waals surface area (Å²) in [5.41, 5.74) is 5.35. The van der Waals surface area contributed by atoms with Gasteiger partial charge in [-0.1, -0.05) is 0 Å². The van der Waals surface area contributed by atoms with Crippen LogP contribution >= 0.6 is 0 Å². The van der Waals surface area contributed by atoms with Gasteiger partial charge in [-0.2, -0.15) is 0 Å². The van der Waals surface area contributed by atoms with E-state index in [0.717, 1.165) is 12.8 Å². The second-order valence-electron chi connectivity index (χ2n) is 2.81. The molecule has 0 aromatic heterocycles. The molecule has 1 aliphatic rings. The highest BCUT2D eigenvalue weighted by molar-refractivity contribution is 5.77. The molecular formula is C7H15N3O. The van der Waals surface area contributed by atoms with Crippen LogP contribution in [0.5, 0.6) is 0 Å². The zero-order chi connectivity index (χ0) is 8.10. The second kappa shape index (κ2) is 4.31. The molecule has 4 N–H and O–H groups in total. The Morgan fingerprint density at radius 2 is 2.45 bits per heavy atom. The van der Waals surface area contributed by atoms with Crippen molar-refractivity contribution >= 4 is 5.91 Å². The van der Waals surface area contributed by atoms with Crippen LogP contribution in [0.2, 0.25) is 0 Å². The number of nitrogens with one attached hydrogen (secondary N) is 2. The first kappa shape index (κ1) is 8.49. The van der Waals surface area contributed by atoms with Gasteiger partial charge in [0.25, 0.3) is 0 Å². The summed E-state index contributed by atoms with van der Waals surface area (Å²) in [5.74, 6) is 0.144. The lowest BCUT2D eigenvalue weighted by Crippen LogP contribution is -2.48. The Bertz CT molecular complexity index is 138. The maximum Gasteiger partial charge on any atom is 0.222 e. The van der Waals surface area contributed by atoms with Crippen LogP contribution in [-0.4, -0.2) is 25.2 Å². The highest BCUT2D eigenvalue weighted by atomic mass is 16.3. The van der Waals surface area contributed by atoms with Gasteiger partial charge in [0.15, 0.2) is 0 Å². The summed E-state index contributed by atoms with van der Waals surface area (Å²) in [6, 6.07) is 0.340. The molecule has 0 radical (unpaired) electrons. The Kier molecular flexibility index (Phi) is 3.32. The average molecular weight is 159 g/mol. The van der Waals surface area contributed by atoms with Gasteiger partial charge < -0.3 is 11.1 Å². The Balaban J connectivity index is 2.17. The van der Waals surface area contributed by atoms with Crippen molar-refractivity contribution in [3.05, 3.63) is 0 Å². The molecule has 0 aromatic carbocycles. The first-order valence-corrected chi connectivity index (χ1v) is 4.03. The minimum absolute atomic E-state index is 0.144. The van der Waals surface area contributed by atoms with Gasteiger partial charge in [0.05, 0.1) is 6.67 Å². The van der Waals surface area contributed by atoms with Crippen molar-refractivity contribution in [3.8, 4) is 0 Å². The highest BCUT2D eigenvalue weighted by Crippen LogP contribution is 2.03. The molecule has 1 aliphatic heterocycles. The summed E-state index contributed by atoms with van der Waals surface area (Å²) >= 11 is 0. The van der Waals surface area contributed by atoms with Gasteiger partial charge >= 0.3 is 0 Å². The SMILES string of the molecule is NCCC[C@@H]1C[13C](=O)[15NH]CN1. The van der Waals surface area contributed by atoms with Crippen molar-refractivity contribution in [1.29, 1.82) is 0 Å². The zero-order valence-electron chi connectivity index (χ0n) is 6.60. The Morgan fingerprint density at radius 1 is 1.64 bits per heavy atom. The van der Waals surface area contributed by atoms with Crippen molar-refractivity contribution in [2.75, 3.05) is 13.2 Å². The predicted octanol–water partition coefficient (Wildman–Crippen LogP) is -0.839. The first-order valence-electron chi connectivity index (χ1n) is 4.03. The third-order valence-corrected chi connectivity index (χ3v) is 1.86. The summed E-state index contributed by atoms with van der Waals surface area (Å²) in [6.45, 7) is 1.31. The van der Waals surface area contributed by atoms with E-state index < -0.39 is 0 Å². The lowest BCUT2D eigenvalue weighted by atomic mass is 10.1. The van der Waals surface area contributed by atoms with Crippen molar-refractivity contribution < 1.29 is 4.79 Å². The third-order valence-electron chi connectivity index (χ3n) is 1.86.